The fourth-order valence-electron chi connectivity index (χ4n) is 3.15. The second kappa shape index (κ2) is 7.25. The van der Waals surface area contributed by atoms with E-state index < -0.39 is 0 Å². The van der Waals surface area contributed by atoms with E-state index in [9.17, 15) is 4.79 Å². The van der Waals surface area contributed by atoms with Crippen molar-refractivity contribution in [3.63, 3.8) is 0 Å². The van der Waals surface area contributed by atoms with Crippen LogP contribution in [0.5, 0.6) is 0 Å². The van der Waals surface area contributed by atoms with Crippen LogP contribution in [-0.2, 0) is 9.53 Å². The standard InChI is InChI=1S/C15H28N2O2/c1-3-19-12-15(18)17-10-6-14(7-11-17)16-8-4-13(2)5-9-16/h13-14H,3-12H2,1-2H3. The van der Waals surface area contributed by atoms with E-state index in [0.29, 0.717) is 12.6 Å². The van der Waals surface area contributed by atoms with E-state index in [2.05, 4.69) is 11.8 Å². The summed E-state index contributed by atoms with van der Waals surface area (Å²) in [6.45, 7) is 9.46. The number of hydrogen-bond acceptors (Lipinski definition) is 3. The van der Waals surface area contributed by atoms with E-state index >= 15 is 0 Å². The zero-order valence-electron chi connectivity index (χ0n) is 12.4. The van der Waals surface area contributed by atoms with E-state index in [0.717, 1.165) is 31.8 Å². The van der Waals surface area contributed by atoms with Gasteiger partial charge in [0.1, 0.15) is 6.61 Å². The van der Waals surface area contributed by atoms with Crippen LogP contribution in [0.25, 0.3) is 0 Å². The minimum Gasteiger partial charge on any atom is -0.372 e. The van der Waals surface area contributed by atoms with E-state index in [1.807, 2.05) is 11.8 Å². The monoisotopic (exact) mass is 268 g/mol. The highest BCUT2D eigenvalue weighted by Crippen LogP contribution is 2.23. The van der Waals surface area contributed by atoms with Crippen LogP contribution in [0, 0.1) is 5.92 Å². The Morgan fingerprint density at radius 1 is 1.11 bits per heavy atom. The van der Waals surface area contributed by atoms with Crippen molar-refractivity contribution in [2.75, 3.05) is 39.4 Å². The maximum absolute atomic E-state index is 11.9. The highest BCUT2D eigenvalue weighted by atomic mass is 16.5. The summed E-state index contributed by atoms with van der Waals surface area (Å²) in [6.07, 6.45) is 4.94. The molecule has 110 valence electrons. The Morgan fingerprint density at radius 3 is 2.32 bits per heavy atom. The average molecular weight is 268 g/mol. The predicted octanol–water partition coefficient (Wildman–Crippen LogP) is 1.75. The van der Waals surface area contributed by atoms with Crippen molar-refractivity contribution < 1.29 is 9.53 Å². The average Bonchev–Trinajstić information content (AvgIpc) is 2.46. The molecule has 0 saturated carbocycles. The summed E-state index contributed by atoms with van der Waals surface area (Å²) in [6, 6.07) is 0.698. The summed E-state index contributed by atoms with van der Waals surface area (Å²) in [5.41, 5.74) is 0. The lowest BCUT2D eigenvalue weighted by Gasteiger charge is -2.41. The second-order valence-corrected chi connectivity index (χ2v) is 5.97. The van der Waals surface area contributed by atoms with Gasteiger partial charge in [0.15, 0.2) is 0 Å². The molecule has 0 aliphatic carbocycles. The Kier molecular flexibility index (Phi) is 5.64. The first kappa shape index (κ1) is 14.8. The maximum atomic E-state index is 11.9. The SMILES string of the molecule is CCOCC(=O)N1CCC(N2CCC(C)CC2)CC1. The normalized spacial score (nSPS) is 23.8. The van der Waals surface area contributed by atoms with Gasteiger partial charge in [-0.25, -0.2) is 0 Å². The number of ether oxygens (including phenoxy) is 1. The first-order valence-electron chi connectivity index (χ1n) is 7.80. The number of carbonyl (C=O) groups is 1. The first-order chi connectivity index (χ1) is 9.20. The number of piperidine rings is 2. The van der Waals surface area contributed by atoms with E-state index in [4.69, 9.17) is 4.74 Å². The van der Waals surface area contributed by atoms with Crippen LogP contribution < -0.4 is 0 Å². The van der Waals surface area contributed by atoms with E-state index in [-0.39, 0.29) is 12.5 Å². The fraction of sp³-hybridized carbons (Fsp3) is 0.933. The molecule has 2 rings (SSSR count). The van der Waals surface area contributed by atoms with Crippen molar-refractivity contribution in [3.05, 3.63) is 0 Å². The van der Waals surface area contributed by atoms with E-state index in [1.54, 1.807) is 0 Å². The van der Waals surface area contributed by atoms with Gasteiger partial charge >= 0.3 is 0 Å². The van der Waals surface area contributed by atoms with Gasteiger partial charge in [-0.2, -0.15) is 0 Å². The topological polar surface area (TPSA) is 32.8 Å². The molecule has 0 aromatic carbocycles. The maximum Gasteiger partial charge on any atom is 0.248 e. The lowest BCUT2D eigenvalue weighted by Crippen LogP contribution is -2.49. The van der Waals surface area contributed by atoms with Crippen molar-refractivity contribution in [3.8, 4) is 0 Å². The molecule has 0 radical (unpaired) electrons. The second-order valence-electron chi connectivity index (χ2n) is 5.97. The van der Waals surface area contributed by atoms with Crippen LogP contribution >= 0.6 is 0 Å². The Balaban J connectivity index is 1.71. The van der Waals surface area contributed by atoms with Crippen molar-refractivity contribution >= 4 is 5.91 Å². The highest BCUT2D eigenvalue weighted by Gasteiger charge is 2.28. The fourth-order valence-corrected chi connectivity index (χ4v) is 3.15. The zero-order chi connectivity index (χ0) is 13.7. The molecular weight excluding hydrogens is 240 g/mol. The molecule has 4 nitrogen and oxygen atoms in total. The van der Waals surface area contributed by atoms with Gasteiger partial charge in [-0.3, -0.25) is 4.79 Å². The van der Waals surface area contributed by atoms with Gasteiger partial charge in [0.25, 0.3) is 0 Å². The Bertz CT molecular complexity index is 280. The number of amides is 1. The van der Waals surface area contributed by atoms with Crippen LogP contribution in [0.3, 0.4) is 0 Å². The summed E-state index contributed by atoms with van der Waals surface area (Å²) in [4.78, 5) is 16.5. The van der Waals surface area contributed by atoms with Crippen LogP contribution in [0.4, 0.5) is 0 Å². The molecule has 2 saturated heterocycles. The number of carbonyl (C=O) groups excluding carboxylic acids is 1. The van der Waals surface area contributed by atoms with Crippen LogP contribution in [0.1, 0.15) is 39.5 Å². The summed E-state index contributed by atoms with van der Waals surface area (Å²) in [7, 11) is 0. The van der Waals surface area contributed by atoms with Crippen molar-refractivity contribution in [2.24, 2.45) is 5.92 Å². The number of hydrogen-bond donors (Lipinski definition) is 0. The van der Waals surface area contributed by atoms with Gasteiger partial charge in [-0.15, -0.1) is 0 Å². The third-order valence-corrected chi connectivity index (χ3v) is 4.58. The molecule has 2 fully saturated rings. The molecule has 0 aromatic heterocycles. The Hall–Kier alpha value is -0.610. The molecule has 0 spiro atoms. The number of likely N-dealkylation sites (tertiary alicyclic amines) is 2. The minimum absolute atomic E-state index is 0.160. The van der Waals surface area contributed by atoms with Gasteiger partial charge in [-0.1, -0.05) is 6.92 Å². The molecule has 2 aliphatic rings. The van der Waals surface area contributed by atoms with Crippen molar-refractivity contribution in [1.82, 2.24) is 9.80 Å². The molecule has 19 heavy (non-hydrogen) atoms. The van der Waals surface area contributed by atoms with Gasteiger partial charge in [0, 0.05) is 25.7 Å². The molecular formula is C15H28N2O2. The van der Waals surface area contributed by atoms with Gasteiger partial charge < -0.3 is 14.5 Å². The lowest BCUT2D eigenvalue weighted by molar-refractivity contribution is -0.137. The molecule has 2 heterocycles. The molecule has 0 unspecified atom stereocenters. The quantitative estimate of drug-likeness (QED) is 0.778. The van der Waals surface area contributed by atoms with Crippen LogP contribution in [-0.4, -0.2) is 61.1 Å². The largest absolute Gasteiger partial charge is 0.372 e. The molecule has 4 heteroatoms. The van der Waals surface area contributed by atoms with Crippen molar-refractivity contribution in [1.29, 1.82) is 0 Å². The van der Waals surface area contributed by atoms with Gasteiger partial charge in [0.05, 0.1) is 0 Å². The Labute approximate surface area is 117 Å². The predicted molar refractivity (Wildman–Crippen MR) is 76.1 cm³/mol. The molecule has 0 bridgehead atoms. The summed E-state index contributed by atoms with van der Waals surface area (Å²) in [5.74, 6) is 1.05. The highest BCUT2D eigenvalue weighted by molar-refractivity contribution is 5.77. The lowest BCUT2D eigenvalue weighted by atomic mass is 9.95. The third-order valence-electron chi connectivity index (χ3n) is 4.58. The molecule has 1 amide bonds. The minimum atomic E-state index is 0.160. The smallest absolute Gasteiger partial charge is 0.248 e. The third kappa shape index (κ3) is 4.18. The number of rotatable bonds is 4. The zero-order valence-corrected chi connectivity index (χ0v) is 12.4. The van der Waals surface area contributed by atoms with Gasteiger partial charge in [-0.05, 0) is 51.6 Å². The van der Waals surface area contributed by atoms with E-state index in [1.165, 1.54) is 25.9 Å². The van der Waals surface area contributed by atoms with Crippen molar-refractivity contribution in [2.45, 2.75) is 45.6 Å². The first-order valence-corrected chi connectivity index (χ1v) is 7.80. The molecule has 2 aliphatic heterocycles. The number of nitrogens with zero attached hydrogens (tertiary/aromatic N) is 2. The Morgan fingerprint density at radius 2 is 1.74 bits per heavy atom. The summed E-state index contributed by atoms with van der Waals surface area (Å²) < 4.78 is 5.20. The molecule has 0 N–H and O–H groups in total. The summed E-state index contributed by atoms with van der Waals surface area (Å²) in [5, 5.41) is 0. The molecule has 0 atom stereocenters. The summed E-state index contributed by atoms with van der Waals surface area (Å²) >= 11 is 0. The van der Waals surface area contributed by atoms with Gasteiger partial charge in [0.2, 0.25) is 5.91 Å². The van der Waals surface area contributed by atoms with Crippen LogP contribution in [0.15, 0.2) is 0 Å². The molecule has 0 aromatic rings. The van der Waals surface area contributed by atoms with Crippen LogP contribution in [0.2, 0.25) is 0 Å².